The van der Waals surface area contributed by atoms with E-state index in [1.807, 2.05) is 18.5 Å². The highest BCUT2D eigenvalue weighted by atomic mass is 15.4. The zero-order valence-electron chi connectivity index (χ0n) is 7.84. The first kappa shape index (κ1) is 8.24. The third kappa shape index (κ3) is 1.59. The van der Waals surface area contributed by atoms with Crippen molar-refractivity contribution < 1.29 is 0 Å². The maximum Gasteiger partial charge on any atom is 0.147 e. The van der Waals surface area contributed by atoms with Gasteiger partial charge in [-0.05, 0) is 34.6 Å². The van der Waals surface area contributed by atoms with E-state index in [-0.39, 0.29) is 5.54 Å². The minimum atomic E-state index is 0.0470. The van der Waals surface area contributed by atoms with Crippen molar-refractivity contribution in [1.82, 2.24) is 14.8 Å². The van der Waals surface area contributed by atoms with Crippen molar-refractivity contribution in [1.29, 1.82) is 0 Å². The molecule has 0 aliphatic carbocycles. The summed E-state index contributed by atoms with van der Waals surface area (Å²) in [6, 6.07) is 0. The molecule has 1 heterocycles. The first-order chi connectivity index (χ1) is 4.91. The van der Waals surface area contributed by atoms with Gasteiger partial charge in [-0.15, -0.1) is 0 Å². The van der Waals surface area contributed by atoms with Gasteiger partial charge in [0.05, 0.1) is 5.54 Å². The van der Waals surface area contributed by atoms with E-state index in [0.717, 1.165) is 11.6 Å². The van der Waals surface area contributed by atoms with E-state index in [2.05, 4.69) is 30.9 Å². The van der Waals surface area contributed by atoms with Gasteiger partial charge in [0.25, 0.3) is 0 Å². The summed E-state index contributed by atoms with van der Waals surface area (Å²) in [7, 11) is 0. The van der Waals surface area contributed by atoms with Gasteiger partial charge in [0.2, 0.25) is 0 Å². The van der Waals surface area contributed by atoms with Crippen molar-refractivity contribution in [2.24, 2.45) is 0 Å². The van der Waals surface area contributed by atoms with E-state index in [9.17, 15) is 0 Å². The topological polar surface area (TPSA) is 30.7 Å². The molecular weight excluding hydrogens is 138 g/mol. The highest BCUT2D eigenvalue weighted by molar-refractivity contribution is 4.91. The Kier molecular flexibility index (Phi) is 1.74. The summed E-state index contributed by atoms with van der Waals surface area (Å²) in [6.45, 7) is 10.2. The summed E-state index contributed by atoms with van der Waals surface area (Å²) in [5.41, 5.74) is 0.0470. The van der Waals surface area contributed by atoms with Crippen molar-refractivity contribution in [3.8, 4) is 0 Å². The first-order valence-electron chi connectivity index (χ1n) is 3.82. The van der Waals surface area contributed by atoms with Crippen LogP contribution in [0.4, 0.5) is 0 Å². The predicted octanol–water partition coefficient (Wildman–Crippen LogP) is 1.65. The Hall–Kier alpha value is -0.860. The van der Waals surface area contributed by atoms with Gasteiger partial charge in [0.1, 0.15) is 11.6 Å². The second-order valence-electron chi connectivity index (χ2n) is 3.79. The maximum atomic E-state index is 4.29. The molecule has 3 heteroatoms. The smallest absolute Gasteiger partial charge is 0.147 e. The Morgan fingerprint density at radius 1 is 1.18 bits per heavy atom. The van der Waals surface area contributed by atoms with Crippen LogP contribution in [0.2, 0.25) is 0 Å². The monoisotopic (exact) mass is 153 g/mol. The Bertz CT molecular complexity index is 255. The molecule has 1 aromatic rings. The van der Waals surface area contributed by atoms with Gasteiger partial charge in [-0.3, -0.25) is 0 Å². The van der Waals surface area contributed by atoms with Crippen LogP contribution in [0, 0.1) is 13.8 Å². The fourth-order valence-electron chi connectivity index (χ4n) is 1.16. The van der Waals surface area contributed by atoms with Gasteiger partial charge >= 0.3 is 0 Å². The molecule has 0 N–H and O–H groups in total. The largest absolute Gasteiger partial charge is 0.245 e. The Balaban J connectivity index is 3.13. The third-order valence-corrected chi connectivity index (χ3v) is 1.51. The molecule has 0 aliphatic rings. The Labute approximate surface area is 67.4 Å². The molecule has 0 atom stereocenters. The minimum Gasteiger partial charge on any atom is -0.245 e. The van der Waals surface area contributed by atoms with Crippen molar-refractivity contribution >= 4 is 0 Å². The molecule has 1 aromatic heterocycles. The van der Waals surface area contributed by atoms with Gasteiger partial charge in [-0.2, -0.15) is 5.10 Å². The molecule has 0 radical (unpaired) electrons. The van der Waals surface area contributed by atoms with E-state index in [0.29, 0.717) is 0 Å². The zero-order chi connectivity index (χ0) is 8.65. The molecule has 0 fully saturated rings. The predicted molar refractivity (Wildman–Crippen MR) is 44.5 cm³/mol. The molecule has 0 saturated heterocycles. The molecule has 1 rings (SSSR count). The number of hydrogen-bond donors (Lipinski definition) is 0. The molecule has 0 spiro atoms. The Morgan fingerprint density at radius 2 is 1.73 bits per heavy atom. The number of aryl methyl sites for hydroxylation is 2. The number of rotatable bonds is 0. The molecule has 0 unspecified atom stereocenters. The van der Waals surface area contributed by atoms with Gasteiger partial charge in [0.15, 0.2) is 0 Å². The Morgan fingerprint density at radius 3 is 1.91 bits per heavy atom. The van der Waals surface area contributed by atoms with Crippen LogP contribution in [0.1, 0.15) is 32.4 Å². The van der Waals surface area contributed by atoms with Crippen molar-refractivity contribution in [3.63, 3.8) is 0 Å². The van der Waals surface area contributed by atoms with Crippen molar-refractivity contribution in [3.05, 3.63) is 11.6 Å². The summed E-state index contributed by atoms with van der Waals surface area (Å²) < 4.78 is 1.95. The lowest BCUT2D eigenvalue weighted by Crippen LogP contribution is -2.24. The molecule has 0 bridgehead atoms. The normalized spacial score (nSPS) is 12.1. The van der Waals surface area contributed by atoms with Crippen molar-refractivity contribution in [2.45, 2.75) is 40.2 Å². The quantitative estimate of drug-likeness (QED) is 0.567. The number of aromatic nitrogens is 3. The van der Waals surface area contributed by atoms with E-state index >= 15 is 0 Å². The van der Waals surface area contributed by atoms with Gasteiger partial charge in [-0.1, -0.05) is 0 Å². The van der Waals surface area contributed by atoms with Crippen LogP contribution < -0.4 is 0 Å². The fourth-order valence-corrected chi connectivity index (χ4v) is 1.16. The lowest BCUT2D eigenvalue weighted by molar-refractivity contribution is 0.345. The van der Waals surface area contributed by atoms with Gasteiger partial charge in [0, 0.05) is 0 Å². The highest BCUT2D eigenvalue weighted by Gasteiger charge is 2.16. The molecule has 11 heavy (non-hydrogen) atoms. The summed E-state index contributed by atoms with van der Waals surface area (Å²) in [5.74, 6) is 1.83. The SMILES string of the molecule is Cc1nc(C)n(C(C)(C)C)n1. The average Bonchev–Trinajstić information content (AvgIpc) is 2.08. The third-order valence-electron chi connectivity index (χ3n) is 1.51. The fraction of sp³-hybridized carbons (Fsp3) is 0.750. The lowest BCUT2D eigenvalue weighted by atomic mass is 10.1. The first-order valence-corrected chi connectivity index (χ1v) is 3.82. The van der Waals surface area contributed by atoms with Crippen LogP contribution >= 0.6 is 0 Å². The van der Waals surface area contributed by atoms with Crippen LogP contribution in [0.5, 0.6) is 0 Å². The molecule has 62 valence electrons. The van der Waals surface area contributed by atoms with E-state index in [4.69, 9.17) is 0 Å². The summed E-state index contributed by atoms with van der Waals surface area (Å²) in [6.07, 6.45) is 0. The van der Waals surface area contributed by atoms with Gasteiger partial charge < -0.3 is 0 Å². The zero-order valence-corrected chi connectivity index (χ0v) is 7.84. The van der Waals surface area contributed by atoms with Crippen LogP contribution in [-0.2, 0) is 5.54 Å². The van der Waals surface area contributed by atoms with Crippen LogP contribution in [-0.4, -0.2) is 14.8 Å². The van der Waals surface area contributed by atoms with Crippen molar-refractivity contribution in [2.75, 3.05) is 0 Å². The minimum absolute atomic E-state index is 0.0470. The van der Waals surface area contributed by atoms with E-state index < -0.39 is 0 Å². The highest BCUT2D eigenvalue weighted by Crippen LogP contribution is 2.13. The van der Waals surface area contributed by atoms with Crippen LogP contribution in [0.15, 0.2) is 0 Å². The maximum absolute atomic E-state index is 4.29. The summed E-state index contributed by atoms with van der Waals surface area (Å²) in [5, 5.41) is 4.29. The second-order valence-corrected chi connectivity index (χ2v) is 3.79. The van der Waals surface area contributed by atoms with Crippen LogP contribution in [0.3, 0.4) is 0 Å². The molecule has 0 saturated carbocycles. The van der Waals surface area contributed by atoms with Crippen LogP contribution in [0.25, 0.3) is 0 Å². The molecule has 0 aliphatic heterocycles. The molecule has 3 nitrogen and oxygen atoms in total. The van der Waals surface area contributed by atoms with E-state index in [1.165, 1.54) is 0 Å². The summed E-state index contributed by atoms with van der Waals surface area (Å²) in [4.78, 5) is 4.23. The lowest BCUT2D eigenvalue weighted by Gasteiger charge is -2.19. The average molecular weight is 153 g/mol. The second kappa shape index (κ2) is 2.32. The molecule has 0 amide bonds. The molecular formula is C8H15N3. The number of nitrogens with zero attached hydrogens (tertiary/aromatic N) is 3. The standard InChI is InChI=1S/C8H15N3/c1-6-9-7(2)11(10-6)8(3,4)5/h1-5H3. The van der Waals surface area contributed by atoms with E-state index in [1.54, 1.807) is 0 Å². The number of hydrogen-bond acceptors (Lipinski definition) is 2. The molecule has 0 aromatic carbocycles. The summed E-state index contributed by atoms with van der Waals surface area (Å²) >= 11 is 0. The van der Waals surface area contributed by atoms with Gasteiger partial charge in [-0.25, -0.2) is 9.67 Å².